The van der Waals surface area contributed by atoms with E-state index in [9.17, 15) is 4.79 Å². The second-order valence-electron chi connectivity index (χ2n) is 4.74. The Kier molecular flexibility index (Phi) is 3.59. The number of nitrogens with zero attached hydrogens (tertiary/aromatic N) is 2. The zero-order valence-corrected chi connectivity index (χ0v) is 12.2. The van der Waals surface area contributed by atoms with Crippen molar-refractivity contribution in [3.8, 4) is 16.9 Å². The van der Waals surface area contributed by atoms with E-state index in [2.05, 4.69) is 5.10 Å². The molecule has 0 saturated heterocycles. The number of carbonyl (C=O) groups is 1. The van der Waals surface area contributed by atoms with E-state index in [1.54, 1.807) is 4.68 Å². The van der Waals surface area contributed by atoms with E-state index < -0.39 is 0 Å². The molecule has 0 fully saturated rings. The average Bonchev–Trinajstić information content (AvgIpc) is 2.85. The van der Waals surface area contributed by atoms with Crippen LogP contribution < -0.4 is 0 Å². The summed E-state index contributed by atoms with van der Waals surface area (Å²) in [4.78, 5) is 11.4. The summed E-state index contributed by atoms with van der Waals surface area (Å²) in [5.41, 5.74) is 3.78. The largest absolute Gasteiger partial charge is 0.298 e. The van der Waals surface area contributed by atoms with Gasteiger partial charge in [0.25, 0.3) is 0 Å². The fraction of sp³-hybridized carbons (Fsp3) is 0.0588. The minimum Gasteiger partial charge on any atom is -0.298 e. The summed E-state index contributed by atoms with van der Waals surface area (Å²) in [6, 6.07) is 17.3. The molecule has 0 aliphatic carbocycles. The van der Waals surface area contributed by atoms with Gasteiger partial charge in [-0.1, -0.05) is 60.1 Å². The fourth-order valence-electron chi connectivity index (χ4n) is 2.28. The van der Waals surface area contributed by atoms with Gasteiger partial charge < -0.3 is 0 Å². The maximum atomic E-state index is 11.4. The molecule has 104 valence electrons. The third-order valence-corrected chi connectivity index (χ3v) is 3.74. The van der Waals surface area contributed by atoms with Gasteiger partial charge in [-0.3, -0.25) is 4.79 Å². The zero-order valence-electron chi connectivity index (χ0n) is 11.5. The van der Waals surface area contributed by atoms with Crippen LogP contribution in [0.4, 0.5) is 0 Å². The summed E-state index contributed by atoms with van der Waals surface area (Å²) in [6.07, 6.45) is 0.756. The van der Waals surface area contributed by atoms with Crippen molar-refractivity contribution in [2.45, 2.75) is 6.92 Å². The van der Waals surface area contributed by atoms with Gasteiger partial charge in [-0.05, 0) is 18.6 Å². The molecule has 3 aromatic rings. The number of aromatic nitrogens is 2. The van der Waals surface area contributed by atoms with Gasteiger partial charge in [0.05, 0.1) is 11.3 Å². The average molecular weight is 297 g/mol. The molecule has 0 bridgehead atoms. The Morgan fingerprint density at radius 1 is 1.05 bits per heavy atom. The fourth-order valence-corrected chi connectivity index (χ4v) is 2.55. The lowest BCUT2D eigenvalue weighted by Crippen LogP contribution is -1.99. The number of hydrogen-bond donors (Lipinski definition) is 0. The summed E-state index contributed by atoms with van der Waals surface area (Å²) < 4.78 is 1.61. The highest BCUT2D eigenvalue weighted by molar-refractivity contribution is 6.32. The number of para-hydroxylation sites is 1. The Morgan fingerprint density at radius 3 is 2.38 bits per heavy atom. The lowest BCUT2D eigenvalue weighted by atomic mass is 10.1. The molecule has 1 aromatic heterocycles. The molecule has 0 spiro atoms. The maximum Gasteiger partial charge on any atom is 0.155 e. The zero-order chi connectivity index (χ0) is 14.8. The molecule has 2 aromatic carbocycles. The number of carbonyl (C=O) groups excluding carboxylic acids is 1. The summed E-state index contributed by atoms with van der Waals surface area (Å²) in [6.45, 7) is 1.98. The van der Waals surface area contributed by atoms with Gasteiger partial charge in [-0.2, -0.15) is 5.10 Å². The molecule has 3 rings (SSSR count). The number of hydrogen-bond acceptors (Lipinski definition) is 2. The number of halogens is 1. The number of rotatable bonds is 3. The molecular weight excluding hydrogens is 284 g/mol. The van der Waals surface area contributed by atoms with E-state index in [-0.39, 0.29) is 0 Å². The highest BCUT2D eigenvalue weighted by atomic mass is 35.5. The first kappa shape index (κ1) is 13.6. The molecule has 21 heavy (non-hydrogen) atoms. The van der Waals surface area contributed by atoms with Crippen LogP contribution in [0.2, 0.25) is 5.15 Å². The van der Waals surface area contributed by atoms with Crippen LogP contribution >= 0.6 is 11.6 Å². The van der Waals surface area contributed by atoms with Gasteiger partial charge in [-0.25, -0.2) is 4.68 Å². The predicted octanol–water partition coefficient (Wildman–Crippen LogP) is 4.31. The first-order chi connectivity index (χ1) is 10.2. The Labute approximate surface area is 127 Å². The minimum absolute atomic E-state index is 0.332. The molecular formula is C17H13ClN2O. The highest BCUT2D eigenvalue weighted by Crippen LogP contribution is 2.30. The van der Waals surface area contributed by atoms with E-state index in [0.29, 0.717) is 16.4 Å². The summed E-state index contributed by atoms with van der Waals surface area (Å²) in [7, 11) is 0. The van der Waals surface area contributed by atoms with Crippen LogP contribution in [0.5, 0.6) is 0 Å². The Balaban J connectivity index is 2.24. The van der Waals surface area contributed by atoms with Crippen LogP contribution in [-0.2, 0) is 0 Å². The van der Waals surface area contributed by atoms with Crippen LogP contribution in [0.25, 0.3) is 16.9 Å². The maximum absolute atomic E-state index is 11.4. The van der Waals surface area contributed by atoms with Crippen molar-refractivity contribution >= 4 is 17.9 Å². The second-order valence-corrected chi connectivity index (χ2v) is 5.09. The molecule has 0 amide bonds. The summed E-state index contributed by atoms with van der Waals surface area (Å²) in [5, 5.41) is 4.87. The highest BCUT2D eigenvalue weighted by Gasteiger charge is 2.18. The van der Waals surface area contributed by atoms with E-state index in [1.807, 2.05) is 61.5 Å². The molecule has 1 heterocycles. The third-order valence-electron chi connectivity index (χ3n) is 3.37. The van der Waals surface area contributed by atoms with E-state index in [1.165, 1.54) is 0 Å². The van der Waals surface area contributed by atoms with Crippen molar-refractivity contribution in [3.63, 3.8) is 0 Å². The summed E-state index contributed by atoms with van der Waals surface area (Å²) >= 11 is 6.36. The van der Waals surface area contributed by atoms with E-state index >= 15 is 0 Å². The second kappa shape index (κ2) is 5.54. The van der Waals surface area contributed by atoms with Crippen LogP contribution in [0.1, 0.15) is 15.9 Å². The first-order valence-corrected chi connectivity index (χ1v) is 6.95. The lowest BCUT2D eigenvalue weighted by Gasteiger charge is -2.06. The van der Waals surface area contributed by atoms with Gasteiger partial charge in [0, 0.05) is 5.56 Å². The Morgan fingerprint density at radius 2 is 1.71 bits per heavy atom. The van der Waals surface area contributed by atoms with Gasteiger partial charge >= 0.3 is 0 Å². The summed E-state index contributed by atoms with van der Waals surface area (Å²) in [5.74, 6) is 0. The Hall–Kier alpha value is -2.39. The lowest BCUT2D eigenvalue weighted by molar-refractivity contribution is 0.112. The smallest absolute Gasteiger partial charge is 0.155 e. The quantitative estimate of drug-likeness (QED) is 0.675. The van der Waals surface area contributed by atoms with Crippen LogP contribution in [-0.4, -0.2) is 16.1 Å². The first-order valence-electron chi connectivity index (χ1n) is 6.57. The third kappa shape index (κ3) is 2.36. The number of aryl methyl sites for hydroxylation is 1. The predicted molar refractivity (Wildman–Crippen MR) is 84.1 cm³/mol. The van der Waals surface area contributed by atoms with Crippen molar-refractivity contribution < 1.29 is 4.79 Å². The molecule has 0 N–H and O–H groups in total. The van der Waals surface area contributed by atoms with Crippen LogP contribution in [0.15, 0.2) is 54.6 Å². The molecule has 0 aliphatic heterocycles. The normalized spacial score (nSPS) is 10.6. The Bertz CT molecular complexity index is 794. The molecule has 0 atom stereocenters. The van der Waals surface area contributed by atoms with Crippen molar-refractivity contribution in [1.82, 2.24) is 9.78 Å². The van der Waals surface area contributed by atoms with E-state index in [4.69, 9.17) is 11.6 Å². The van der Waals surface area contributed by atoms with Crippen molar-refractivity contribution in [3.05, 3.63) is 70.9 Å². The SMILES string of the molecule is Cc1ccccc1-n1nc(-c2ccccc2)c(C=O)c1Cl. The van der Waals surface area contributed by atoms with Gasteiger partial charge in [0.15, 0.2) is 6.29 Å². The molecule has 0 aliphatic rings. The molecule has 0 unspecified atom stereocenters. The topological polar surface area (TPSA) is 34.9 Å². The number of benzene rings is 2. The van der Waals surface area contributed by atoms with Crippen LogP contribution in [0.3, 0.4) is 0 Å². The van der Waals surface area contributed by atoms with Crippen LogP contribution in [0, 0.1) is 6.92 Å². The molecule has 4 heteroatoms. The van der Waals surface area contributed by atoms with Crippen molar-refractivity contribution in [2.75, 3.05) is 0 Å². The van der Waals surface area contributed by atoms with Gasteiger partial charge in [0.1, 0.15) is 10.8 Å². The monoisotopic (exact) mass is 296 g/mol. The molecule has 0 saturated carbocycles. The minimum atomic E-state index is 0.332. The van der Waals surface area contributed by atoms with Crippen molar-refractivity contribution in [2.24, 2.45) is 0 Å². The van der Waals surface area contributed by atoms with E-state index in [0.717, 1.165) is 23.1 Å². The van der Waals surface area contributed by atoms with Crippen molar-refractivity contribution in [1.29, 1.82) is 0 Å². The standard InChI is InChI=1S/C17H13ClN2O/c1-12-7-5-6-10-15(12)20-17(18)14(11-21)16(19-20)13-8-3-2-4-9-13/h2-11H,1H3. The van der Waals surface area contributed by atoms with Gasteiger partial charge in [0.2, 0.25) is 0 Å². The molecule has 3 nitrogen and oxygen atoms in total. The number of aldehydes is 1. The van der Waals surface area contributed by atoms with Gasteiger partial charge in [-0.15, -0.1) is 0 Å². The molecule has 0 radical (unpaired) electrons.